The normalized spacial score (nSPS) is 15.2. The Labute approximate surface area is 107 Å². The molecule has 1 heterocycles. The van der Waals surface area contributed by atoms with Crippen molar-refractivity contribution in [2.45, 2.75) is 25.2 Å². The second-order valence-corrected chi connectivity index (χ2v) is 4.79. The van der Waals surface area contributed by atoms with Crippen LogP contribution < -0.4 is 11.3 Å². The highest BCUT2D eigenvalue weighted by Gasteiger charge is 2.22. The van der Waals surface area contributed by atoms with Crippen molar-refractivity contribution in [3.8, 4) is 11.3 Å². The van der Waals surface area contributed by atoms with Crippen LogP contribution in [0.1, 0.15) is 30.7 Å². The first-order valence-corrected chi connectivity index (χ1v) is 6.40. The van der Waals surface area contributed by atoms with Crippen LogP contribution in [-0.2, 0) is 0 Å². The van der Waals surface area contributed by atoms with E-state index in [0.717, 1.165) is 11.4 Å². The van der Waals surface area contributed by atoms with E-state index in [0.29, 0.717) is 5.92 Å². The Hall–Kier alpha value is -1.87. The molecule has 1 aliphatic rings. The van der Waals surface area contributed by atoms with Gasteiger partial charge in [-0.05, 0) is 36.5 Å². The zero-order valence-electron chi connectivity index (χ0n) is 10.3. The van der Waals surface area contributed by atoms with Crippen molar-refractivity contribution in [3.63, 3.8) is 0 Å². The molecule has 1 aliphatic carbocycles. The van der Waals surface area contributed by atoms with Gasteiger partial charge in [-0.3, -0.25) is 10.8 Å². The van der Waals surface area contributed by atoms with Crippen LogP contribution in [0, 0.1) is 0 Å². The maximum atomic E-state index is 5.45. The monoisotopic (exact) mass is 239 g/mol. The Balaban J connectivity index is 2.04. The summed E-state index contributed by atoms with van der Waals surface area (Å²) in [4.78, 5) is 4.46. The third kappa shape index (κ3) is 1.97. The lowest BCUT2D eigenvalue weighted by Crippen LogP contribution is -2.10. The molecule has 3 heteroatoms. The molecule has 1 fully saturated rings. The number of hydrogen-bond acceptors (Lipinski definition) is 3. The molecular weight excluding hydrogens is 222 g/mol. The quantitative estimate of drug-likeness (QED) is 0.638. The van der Waals surface area contributed by atoms with Gasteiger partial charge in [0.1, 0.15) is 0 Å². The van der Waals surface area contributed by atoms with Crippen molar-refractivity contribution in [1.29, 1.82) is 0 Å². The Morgan fingerprint density at radius 2 is 2.00 bits per heavy atom. The van der Waals surface area contributed by atoms with E-state index in [1.54, 1.807) is 6.20 Å². The summed E-state index contributed by atoms with van der Waals surface area (Å²) in [5.41, 5.74) is 7.22. The number of nitrogen functional groups attached to an aromatic ring is 1. The zero-order valence-corrected chi connectivity index (χ0v) is 10.3. The summed E-state index contributed by atoms with van der Waals surface area (Å²) in [6, 6.07) is 12.4. The molecule has 1 aromatic carbocycles. The van der Waals surface area contributed by atoms with Gasteiger partial charge in [-0.15, -0.1) is 0 Å². The van der Waals surface area contributed by atoms with Crippen LogP contribution in [0.5, 0.6) is 0 Å². The van der Waals surface area contributed by atoms with E-state index in [2.05, 4.69) is 34.7 Å². The largest absolute Gasteiger partial charge is 0.324 e. The molecule has 18 heavy (non-hydrogen) atoms. The molecule has 3 nitrogen and oxygen atoms in total. The fraction of sp³-hybridized carbons (Fsp3) is 0.267. The summed E-state index contributed by atoms with van der Waals surface area (Å²) in [5.74, 6) is 6.16. The smallest absolute Gasteiger partial charge is 0.0725 e. The molecule has 1 saturated carbocycles. The topological polar surface area (TPSA) is 50.9 Å². The summed E-state index contributed by atoms with van der Waals surface area (Å²) in [6.45, 7) is 0. The van der Waals surface area contributed by atoms with Gasteiger partial charge in [0.15, 0.2) is 0 Å². The van der Waals surface area contributed by atoms with Crippen molar-refractivity contribution in [2.75, 3.05) is 5.43 Å². The number of aromatic nitrogens is 1. The van der Waals surface area contributed by atoms with Crippen LogP contribution in [0.15, 0.2) is 42.6 Å². The predicted molar refractivity (Wildman–Crippen MR) is 74.1 cm³/mol. The molecule has 0 bridgehead atoms. The van der Waals surface area contributed by atoms with Gasteiger partial charge in [-0.25, -0.2) is 0 Å². The van der Waals surface area contributed by atoms with E-state index >= 15 is 0 Å². The zero-order chi connectivity index (χ0) is 12.4. The molecule has 2 aromatic rings. The van der Waals surface area contributed by atoms with Crippen LogP contribution in [0.4, 0.5) is 5.69 Å². The minimum absolute atomic E-state index is 0.706. The first kappa shape index (κ1) is 11.2. The summed E-state index contributed by atoms with van der Waals surface area (Å²) < 4.78 is 0. The second kappa shape index (κ2) is 4.78. The molecule has 3 rings (SSSR count). The van der Waals surface area contributed by atoms with Crippen LogP contribution in [0.2, 0.25) is 0 Å². The Kier molecular flexibility index (Phi) is 2.99. The SMILES string of the molecule is NNc1ccnc(-c2ccccc2C2CCC2)c1. The molecule has 92 valence electrons. The van der Waals surface area contributed by atoms with Gasteiger partial charge in [-0.1, -0.05) is 30.7 Å². The van der Waals surface area contributed by atoms with Gasteiger partial charge in [0.05, 0.1) is 11.4 Å². The molecular formula is C15H17N3. The van der Waals surface area contributed by atoms with E-state index in [1.807, 2.05) is 12.1 Å². The number of nitrogens with two attached hydrogens (primary N) is 1. The molecule has 0 spiro atoms. The van der Waals surface area contributed by atoms with E-state index in [9.17, 15) is 0 Å². The van der Waals surface area contributed by atoms with Crippen molar-refractivity contribution < 1.29 is 0 Å². The van der Waals surface area contributed by atoms with Crippen LogP contribution in [-0.4, -0.2) is 4.98 Å². The Morgan fingerprint density at radius 1 is 1.17 bits per heavy atom. The van der Waals surface area contributed by atoms with Crippen LogP contribution in [0.25, 0.3) is 11.3 Å². The third-order valence-corrected chi connectivity index (χ3v) is 3.71. The molecule has 3 N–H and O–H groups in total. The first-order valence-electron chi connectivity index (χ1n) is 6.40. The Morgan fingerprint density at radius 3 is 2.72 bits per heavy atom. The van der Waals surface area contributed by atoms with E-state index in [-0.39, 0.29) is 0 Å². The summed E-state index contributed by atoms with van der Waals surface area (Å²) in [5, 5.41) is 0. The fourth-order valence-corrected chi connectivity index (χ4v) is 2.47. The van der Waals surface area contributed by atoms with Gasteiger partial charge in [0, 0.05) is 11.8 Å². The van der Waals surface area contributed by atoms with Gasteiger partial charge in [0.25, 0.3) is 0 Å². The lowest BCUT2D eigenvalue weighted by Gasteiger charge is -2.27. The number of anilines is 1. The van der Waals surface area contributed by atoms with Crippen molar-refractivity contribution in [1.82, 2.24) is 4.98 Å². The molecule has 0 unspecified atom stereocenters. The van der Waals surface area contributed by atoms with Gasteiger partial charge in [-0.2, -0.15) is 0 Å². The van der Waals surface area contributed by atoms with E-state index < -0.39 is 0 Å². The average Bonchev–Trinajstić information content (AvgIpc) is 2.37. The number of benzene rings is 1. The standard InChI is InChI=1S/C15H17N3/c16-18-12-8-9-17-15(10-12)14-7-2-1-6-13(14)11-4-3-5-11/h1-2,6-11H,3-5,16H2,(H,17,18). The molecule has 0 aliphatic heterocycles. The van der Waals surface area contributed by atoms with Crippen molar-refractivity contribution in [2.24, 2.45) is 5.84 Å². The molecule has 0 saturated heterocycles. The second-order valence-electron chi connectivity index (χ2n) is 4.79. The lowest BCUT2D eigenvalue weighted by atomic mass is 9.78. The fourth-order valence-electron chi connectivity index (χ4n) is 2.47. The molecule has 0 amide bonds. The van der Waals surface area contributed by atoms with E-state index in [4.69, 9.17) is 5.84 Å². The highest BCUT2D eigenvalue weighted by atomic mass is 15.2. The highest BCUT2D eigenvalue weighted by molar-refractivity contribution is 5.68. The number of hydrazine groups is 1. The molecule has 0 atom stereocenters. The third-order valence-electron chi connectivity index (χ3n) is 3.71. The van der Waals surface area contributed by atoms with Crippen molar-refractivity contribution >= 4 is 5.69 Å². The predicted octanol–water partition coefficient (Wildman–Crippen LogP) is 3.30. The summed E-state index contributed by atoms with van der Waals surface area (Å²) in [6.07, 6.45) is 5.73. The maximum Gasteiger partial charge on any atom is 0.0725 e. The molecule has 0 radical (unpaired) electrons. The minimum Gasteiger partial charge on any atom is -0.324 e. The van der Waals surface area contributed by atoms with Gasteiger partial charge < -0.3 is 5.43 Å². The summed E-state index contributed by atoms with van der Waals surface area (Å²) >= 11 is 0. The van der Waals surface area contributed by atoms with Crippen LogP contribution in [0.3, 0.4) is 0 Å². The van der Waals surface area contributed by atoms with E-state index in [1.165, 1.54) is 30.4 Å². The maximum absolute atomic E-state index is 5.45. The number of rotatable bonds is 3. The van der Waals surface area contributed by atoms with Gasteiger partial charge in [0.2, 0.25) is 0 Å². The van der Waals surface area contributed by atoms with Crippen molar-refractivity contribution in [3.05, 3.63) is 48.2 Å². The van der Waals surface area contributed by atoms with Crippen LogP contribution >= 0.6 is 0 Å². The number of nitrogens with one attached hydrogen (secondary N) is 1. The first-order chi connectivity index (χ1) is 8.88. The number of hydrogen-bond donors (Lipinski definition) is 2. The molecule has 1 aromatic heterocycles. The highest BCUT2D eigenvalue weighted by Crippen LogP contribution is 2.40. The Bertz CT molecular complexity index is 547. The number of nitrogens with zero attached hydrogens (tertiary/aromatic N) is 1. The number of pyridine rings is 1. The van der Waals surface area contributed by atoms with Gasteiger partial charge >= 0.3 is 0 Å². The minimum atomic E-state index is 0.706. The average molecular weight is 239 g/mol. The summed E-state index contributed by atoms with van der Waals surface area (Å²) in [7, 11) is 0. The lowest BCUT2D eigenvalue weighted by molar-refractivity contribution is 0.420.